The molecule has 3 nitrogen and oxygen atoms in total. The average Bonchev–Trinajstić information content (AvgIpc) is 2.57. The van der Waals surface area contributed by atoms with Crippen molar-refractivity contribution in [3.05, 3.63) is 41.7 Å². The molecule has 0 aliphatic heterocycles. The number of rotatable bonds is 2. The molecule has 1 aromatic carbocycles. The summed E-state index contributed by atoms with van der Waals surface area (Å²) in [5.74, 6) is 0.980. The lowest BCUT2D eigenvalue weighted by Crippen LogP contribution is -1.99. The molecule has 0 aliphatic rings. The zero-order valence-electron chi connectivity index (χ0n) is 9.07. The van der Waals surface area contributed by atoms with E-state index in [2.05, 4.69) is 21.7 Å². The molecular formula is C12H15N3. The van der Waals surface area contributed by atoms with Crippen LogP contribution in [0, 0.1) is 6.92 Å². The maximum absolute atomic E-state index is 5.64. The Hall–Kier alpha value is -1.61. The molecule has 0 spiro atoms. The summed E-state index contributed by atoms with van der Waals surface area (Å²) < 4.78 is 2.08. The minimum atomic E-state index is 0.493. The van der Waals surface area contributed by atoms with Gasteiger partial charge in [-0.3, -0.25) is 0 Å². The molecule has 0 aliphatic carbocycles. The van der Waals surface area contributed by atoms with Gasteiger partial charge in [0.2, 0.25) is 0 Å². The minimum absolute atomic E-state index is 0.493. The molecule has 0 unspecified atom stereocenters. The normalized spacial score (nSPS) is 10.6. The molecule has 0 radical (unpaired) electrons. The van der Waals surface area contributed by atoms with E-state index in [9.17, 15) is 0 Å². The molecule has 2 N–H and O–H groups in total. The number of imidazole rings is 1. The van der Waals surface area contributed by atoms with Crippen LogP contribution in [-0.2, 0) is 13.6 Å². The Bertz CT molecular complexity index is 457. The lowest BCUT2D eigenvalue weighted by molar-refractivity contribution is 0.873. The summed E-state index contributed by atoms with van der Waals surface area (Å²) in [6.07, 6.45) is 0. The van der Waals surface area contributed by atoms with Gasteiger partial charge in [0.25, 0.3) is 0 Å². The number of aromatic nitrogens is 2. The summed E-state index contributed by atoms with van der Waals surface area (Å²) in [4.78, 5) is 4.54. The van der Waals surface area contributed by atoms with E-state index in [1.54, 1.807) is 0 Å². The fourth-order valence-corrected chi connectivity index (χ4v) is 1.67. The number of hydrogen-bond acceptors (Lipinski definition) is 2. The van der Waals surface area contributed by atoms with Crippen molar-refractivity contribution >= 4 is 0 Å². The first kappa shape index (κ1) is 9.93. The van der Waals surface area contributed by atoms with Crippen LogP contribution in [-0.4, -0.2) is 9.55 Å². The largest absolute Gasteiger partial charge is 0.331 e. The van der Waals surface area contributed by atoms with Gasteiger partial charge in [-0.1, -0.05) is 30.3 Å². The van der Waals surface area contributed by atoms with Gasteiger partial charge >= 0.3 is 0 Å². The molecule has 78 valence electrons. The zero-order valence-corrected chi connectivity index (χ0v) is 9.07. The molecule has 2 aromatic rings. The van der Waals surface area contributed by atoms with E-state index in [1.165, 1.54) is 0 Å². The number of benzene rings is 1. The Morgan fingerprint density at radius 1 is 1.27 bits per heavy atom. The highest BCUT2D eigenvalue weighted by molar-refractivity contribution is 5.56. The molecule has 0 amide bonds. The van der Waals surface area contributed by atoms with Gasteiger partial charge < -0.3 is 10.3 Å². The molecule has 0 bridgehead atoms. The first-order valence-corrected chi connectivity index (χ1v) is 5.01. The van der Waals surface area contributed by atoms with Crippen molar-refractivity contribution in [1.29, 1.82) is 0 Å². The summed E-state index contributed by atoms with van der Waals surface area (Å²) in [7, 11) is 2.02. The Morgan fingerprint density at radius 3 is 2.47 bits per heavy atom. The predicted octanol–water partition coefficient (Wildman–Crippen LogP) is 1.85. The highest BCUT2D eigenvalue weighted by Crippen LogP contribution is 2.20. The molecule has 2 rings (SSSR count). The van der Waals surface area contributed by atoms with E-state index < -0.39 is 0 Å². The third-order valence-corrected chi connectivity index (χ3v) is 2.70. The van der Waals surface area contributed by atoms with Gasteiger partial charge in [0.1, 0.15) is 5.82 Å². The molecule has 0 atom stereocenters. The van der Waals surface area contributed by atoms with Crippen molar-refractivity contribution in [2.45, 2.75) is 13.5 Å². The van der Waals surface area contributed by atoms with Gasteiger partial charge in [0.15, 0.2) is 0 Å². The van der Waals surface area contributed by atoms with E-state index in [-0.39, 0.29) is 0 Å². The van der Waals surface area contributed by atoms with Crippen LogP contribution < -0.4 is 5.73 Å². The summed E-state index contributed by atoms with van der Waals surface area (Å²) in [5, 5.41) is 0. The second kappa shape index (κ2) is 3.87. The van der Waals surface area contributed by atoms with Crippen LogP contribution in [0.4, 0.5) is 0 Å². The van der Waals surface area contributed by atoms with Crippen LogP contribution in [0.15, 0.2) is 30.3 Å². The Kier molecular flexibility index (Phi) is 2.56. The van der Waals surface area contributed by atoms with Gasteiger partial charge in [-0.2, -0.15) is 0 Å². The van der Waals surface area contributed by atoms with Crippen molar-refractivity contribution < 1.29 is 0 Å². The Morgan fingerprint density at radius 2 is 1.93 bits per heavy atom. The van der Waals surface area contributed by atoms with Crippen molar-refractivity contribution in [1.82, 2.24) is 9.55 Å². The van der Waals surface area contributed by atoms with E-state index in [1.807, 2.05) is 32.2 Å². The standard InChI is InChI=1S/C12H15N3/c1-9-11(8-13)14-12(15(9)2)10-6-4-3-5-7-10/h3-7H,8,13H2,1-2H3. The smallest absolute Gasteiger partial charge is 0.140 e. The quantitative estimate of drug-likeness (QED) is 0.806. The second-order valence-corrected chi connectivity index (χ2v) is 3.60. The summed E-state index contributed by atoms with van der Waals surface area (Å²) in [5.41, 5.74) is 8.87. The lowest BCUT2D eigenvalue weighted by atomic mass is 10.2. The topological polar surface area (TPSA) is 43.8 Å². The fraction of sp³-hybridized carbons (Fsp3) is 0.250. The van der Waals surface area contributed by atoms with Crippen LogP contribution >= 0.6 is 0 Å². The van der Waals surface area contributed by atoms with Gasteiger partial charge in [-0.05, 0) is 6.92 Å². The monoisotopic (exact) mass is 201 g/mol. The van der Waals surface area contributed by atoms with Crippen LogP contribution in [0.2, 0.25) is 0 Å². The summed E-state index contributed by atoms with van der Waals surface area (Å²) in [6.45, 7) is 2.54. The maximum Gasteiger partial charge on any atom is 0.140 e. The number of hydrogen-bond donors (Lipinski definition) is 1. The van der Waals surface area contributed by atoms with E-state index in [0.29, 0.717) is 6.54 Å². The first-order valence-electron chi connectivity index (χ1n) is 5.01. The lowest BCUT2D eigenvalue weighted by Gasteiger charge is -2.02. The van der Waals surface area contributed by atoms with E-state index in [0.717, 1.165) is 22.8 Å². The molecule has 0 saturated heterocycles. The molecule has 1 aromatic heterocycles. The zero-order chi connectivity index (χ0) is 10.8. The van der Waals surface area contributed by atoms with Gasteiger partial charge in [0.05, 0.1) is 5.69 Å². The fourth-order valence-electron chi connectivity index (χ4n) is 1.67. The molecular weight excluding hydrogens is 186 g/mol. The maximum atomic E-state index is 5.64. The average molecular weight is 201 g/mol. The Labute approximate surface area is 89.6 Å². The number of nitrogens with two attached hydrogens (primary N) is 1. The predicted molar refractivity (Wildman–Crippen MR) is 61.3 cm³/mol. The third kappa shape index (κ3) is 1.66. The highest BCUT2D eigenvalue weighted by atomic mass is 15.1. The van der Waals surface area contributed by atoms with Crippen molar-refractivity contribution in [3.8, 4) is 11.4 Å². The van der Waals surface area contributed by atoms with E-state index >= 15 is 0 Å². The molecule has 0 saturated carbocycles. The summed E-state index contributed by atoms with van der Waals surface area (Å²) in [6, 6.07) is 10.1. The minimum Gasteiger partial charge on any atom is -0.331 e. The van der Waals surface area contributed by atoms with Crippen LogP contribution in [0.25, 0.3) is 11.4 Å². The molecule has 0 fully saturated rings. The van der Waals surface area contributed by atoms with Gasteiger partial charge in [-0.15, -0.1) is 0 Å². The molecule has 3 heteroatoms. The molecule has 15 heavy (non-hydrogen) atoms. The highest BCUT2D eigenvalue weighted by Gasteiger charge is 2.10. The van der Waals surface area contributed by atoms with Crippen LogP contribution in [0.5, 0.6) is 0 Å². The van der Waals surface area contributed by atoms with Gasteiger partial charge in [0, 0.05) is 24.8 Å². The SMILES string of the molecule is Cc1c(CN)nc(-c2ccccc2)n1C. The van der Waals surface area contributed by atoms with Gasteiger partial charge in [-0.25, -0.2) is 4.98 Å². The number of nitrogens with zero attached hydrogens (tertiary/aromatic N) is 2. The van der Waals surface area contributed by atoms with Crippen molar-refractivity contribution in [2.75, 3.05) is 0 Å². The third-order valence-electron chi connectivity index (χ3n) is 2.70. The van der Waals surface area contributed by atoms with Crippen LogP contribution in [0.1, 0.15) is 11.4 Å². The van der Waals surface area contributed by atoms with E-state index in [4.69, 9.17) is 5.73 Å². The van der Waals surface area contributed by atoms with Crippen molar-refractivity contribution in [2.24, 2.45) is 12.8 Å². The van der Waals surface area contributed by atoms with Crippen molar-refractivity contribution in [3.63, 3.8) is 0 Å². The van der Waals surface area contributed by atoms with Crippen LogP contribution in [0.3, 0.4) is 0 Å². The summed E-state index contributed by atoms with van der Waals surface area (Å²) >= 11 is 0. The first-order chi connectivity index (χ1) is 7.24. The Balaban J connectivity index is 2.55. The second-order valence-electron chi connectivity index (χ2n) is 3.60. The molecule has 1 heterocycles.